The molecule has 0 saturated heterocycles. The first-order chi connectivity index (χ1) is 12.6. The van der Waals surface area contributed by atoms with Crippen molar-refractivity contribution in [1.29, 1.82) is 0 Å². The highest BCUT2D eigenvalue weighted by Crippen LogP contribution is 2.25. The molecule has 1 aliphatic rings. The van der Waals surface area contributed by atoms with Crippen LogP contribution in [0.3, 0.4) is 0 Å². The molecule has 1 aromatic heterocycles. The summed E-state index contributed by atoms with van der Waals surface area (Å²) in [6.45, 7) is 0. The van der Waals surface area contributed by atoms with E-state index >= 15 is 0 Å². The van der Waals surface area contributed by atoms with Crippen LogP contribution < -0.4 is 10.8 Å². The summed E-state index contributed by atoms with van der Waals surface area (Å²) in [5, 5.41) is 13.7. The summed E-state index contributed by atoms with van der Waals surface area (Å²) in [5.41, 5.74) is 3.26. The molecule has 10 heteroatoms. The van der Waals surface area contributed by atoms with E-state index < -0.39 is 0 Å². The summed E-state index contributed by atoms with van der Waals surface area (Å²) < 4.78 is 18.1. The Morgan fingerprint density at radius 1 is 1.35 bits per heavy atom. The number of hydrogen-bond acceptors (Lipinski definition) is 7. The number of anilines is 2. The second-order valence-electron chi connectivity index (χ2n) is 5.88. The highest BCUT2D eigenvalue weighted by molar-refractivity contribution is 9.10. The van der Waals surface area contributed by atoms with Crippen LogP contribution in [0.25, 0.3) is 0 Å². The van der Waals surface area contributed by atoms with Crippen molar-refractivity contribution < 1.29 is 18.8 Å². The monoisotopic (exact) mass is 425 g/mol. The van der Waals surface area contributed by atoms with Crippen LogP contribution in [0.2, 0.25) is 0 Å². The number of rotatable bonds is 6. The molecule has 138 valence electrons. The number of amides is 1. The maximum Gasteiger partial charge on any atom is 0.228 e. The number of benzene rings is 1. The Balaban J connectivity index is 1.53. The summed E-state index contributed by atoms with van der Waals surface area (Å²) in [6, 6.07) is 4.27. The molecule has 1 fully saturated rings. The molecule has 0 aliphatic heterocycles. The van der Waals surface area contributed by atoms with E-state index in [1.54, 1.807) is 0 Å². The van der Waals surface area contributed by atoms with Gasteiger partial charge in [-0.05, 0) is 57.3 Å². The molecule has 8 nitrogen and oxygen atoms in total. The minimum absolute atomic E-state index is 0.0138. The van der Waals surface area contributed by atoms with Gasteiger partial charge in [0.05, 0.1) is 10.2 Å². The lowest BCUT2D eigenvalue weighted by molar-refractivity contribution is -0.120. The molecule has 2 N–H and O–H groups in total. The van der Waals surface area contributed by atoms with Crippen molar-refractivity contribution in [3.8, 4) is 0 Å². The van der Waals surface area contributed by atoms with Crippen molar-refractivity contribution in [2.45, 2.75) is 32.1 Å². The minimum atomic E-state index is -0.383. The van der Waals surface area contributed by atoms with Crippen molar-refractivity contribution in [1.82, 2.24) is 10.3 Å². The SMILES string of the molecule is O=C(Nc1nonc1/C=N/ONc1ccc(F)c(Br)c1)C1CCCCC1. The molecule has 1 aliphatic carbocycles. The van der Waals surface area contributed by atoms with Crippen LogP contribution in [-0.2, 0) is 9.73 Å². The van der Waals surface area contributed by atoms with Crippen LogP contribution in [0.4, 0.5) is 15.9 Å². The first-order valence-electron chi connectivity index (χ1n) is 8.17. The van der Waals surface area contributed by atoms with Crippen LogP contribution in [-0.4, -0.2) is 22.4 Å². The van der Waals surface area contributed by atoms with Gasteiger partial charge >= 0.3 is 0 Å². The number of carbonyl (C=O) groups excluding carboxylic acids is 1. The molecule has 1 saturated carbocycles. The molecular formula is C16H17BrFN5O3. The standard InChI is InChI=1S/C16H17BrFN5O3/c17-12-8-11(6-7-13(12)18)21-25-19-9-14-15(23-26-22-14)20-16(24)10-4-2-1-3-5-10/h6-10,21H,1-5H2,(H,20,23,24)/b19-9+. The molecule has 1 aromatic carbocycles. The van der Waals surface area contributed by atoms with Gasteiger partial charge < -0.3 is 5.32 Å². The number of nitrogens with zero attached hydrogens (tertiary/aromatic N) is 3. The first kappa shape index (κ1) is 18.3. The number of nitrogens with one attached hydrogen (secondary N) is 2. The zero-order valence-corrected chi connectivity index (χ0v) is 15.3. The smallest absolute Gasteiger partial charge is 0.228 e. The quantitative estimate of drug-likeness (QED) is 0.537. The van der Waals surface area contributed by atoms with E-state index in [1.807, 2.05) is 0 Å². The van der Waals surface area contributed by atoms with E-state index in [9.17, 15) is 9.18 Å². The third kappa shape index (κ3) is 4.78. The summed E-state index contributed by atoms with van der Waals surface area (Å²) in [4.78, 5) is 17.2. The van der Waals surface area contributed by atoms with Crippen molar-refractivity contribution in [2.24, 2.45) is 11.1 Å². The molecule has 3 rings (SSSR count). The third-order valence-corrected chi connectivity index (χ3v) is 4.65. The molecule has 0 bridgehead atoms. The minimum Gasteiger partial charge on any atom is -0.306 e. The molecule has 0 spiro atoms. The van der Waals surface area contributed by atoms with E-state index in [4.69, 9.17) is 4.94 Å². The van der Waals surface area contributed by atoms with Crippen molar-refractivity contribution in [3.05, 3.63) is 34.2 Å². The van der Waals surface area contributed by atoms with Gasteiger partial charge in [-0.25, -0.2) is 9.02 Å². The Labute approximate surface area is 157 Å². The average Bonchev–Trinajstić information content (AvgIpc) is 3.09. The molecule has 1 heterocycles. The highest BCUT2D eigenvalue weighted by atomic mass is 79.9. The second kappa shape index (κ2) is 8.75. The summed E-state index contributed by atoms with van der Waals surface area (Å²) in [7, 11) is 0. The van der Waals surface area contributed by atoms with Crippen LogP contribution in [0.1, 0.15) is 37.8 Å². The second-order valence-corrected chi connectivity index (χ2v) is 6.73. The fourth-order valence-electron chi connectivity index (χ4n) is 2.67. The number of halogens is 2. The van der Waals surface area contributed by atoms with E-state index in [2.05, 4.69) is 46.8 Å². The summed E-state index contributed by atoms with van der Waals surface area (Å²) in [6.07, 6.45) is 6.28. The van der Waals surface area contributed by atoms with Gasteiger partial charge in [0.1, 0.15) is 12.0 Å². The molecule has 0 atom stereocenters. The first-order valence-corrected chi connectivity index (χ1v) is 8.96. The average molecular weight is 426 g/mol. The fraction of sp³-hybridized carbons (Fsp3) is 0.375. The Kier molecular flexibility index (Phi) is 6.16. The Morgan fingerprint density at radius 2 is 2.15 bits per heavy atom. The lowest BCUT2D eigenvalue weighted by Crippen LogP contribution is -2.25. The highest BCUT2D eigenvalue weighted by Gasteiger charge is 2.23. The topological polar surface area (TPSA) is 102 Å². The van der Waals surface area contributed by atoms with Crippen molar-refractivity contribution in [2.75, 3.05) is 10.8 Å². The molecule has 0 unspecified atom stereocenters. The number of aromatic nitrogens is 2. The molecule has 2 aromatic rings. The van der Waals surface area contributed by atoms with E-state index in [1.165, 1.54) is 30.8 Å². The van der Waals surface area contributed by atoms with Crippen LogP contribution >= 0.6 is 15.9 Å². The van der Waals surface area contributed by atoms with Gasteiger partial charge in [0.25, 0.3) is 0 Å². The van der Waals surface area contributed by atoms with Crippen LogP contribution in [0.15, 0.2) is 32.5 Å². The van der Waals surface area contributed by atoms with E-state index in [0.717, 1.165) is 25.7 Å². The van der Waals surface area contributed by atoms with Gasteiger partial charge in [-0.15, -0.1) is 0 Å². The largest absolute Gasteiger partial charge is 0.306 e. The van der Waals surface area contributed by atoms with Gasteiger partial charge in [-0.2, -0.15) is 5.48 Å². The van der Waals surface area contributed by atoms with Gasteiger partial charge in [-0.1, -0.05) is 24.4 Å². The van der Waals surface area contributed by atoms with Crippen LogP contribution in [0.5, 0.6) is 0 Å². The summed E-state index contributed by atoms with van der Waals surface area (Å²) >= 11 is 3.07. The van der Waals surface area contributed by atoms with Gasteiger partial charge in [-0.3, -0.25) is 9.73 Å². The Morgan fingerprint density at radius 3 is 2.92 bits per heavy atom. The zero-order chi connectivity index (χ0) is 18.4. The third-order valence-electron chi connectivity index (χ3n) is 4.04. The predicted octanol–water partition coefficient (Wildman–Crippen LogP) is 3.87. The fourth-order valence-corrected chi connectivity index (χ4v) is 3.04. The summed E-state index contributed by atoms with van der Waals surface area (Å²) in [5.74, 6) is -0.297. The van der Waals surface area contributed by atoms with Gasteiger partial charge in [0.15, 0.2) is 5.69 Å². The van der Waals surface area contributed by atoms with Gasteiger partial charge in [0, 0.05) is 5.92 Å². The Hall–Kier alpha value is -2.49. The number of hydrogen-bond donors (Lipinski definition) is 2. The zero-order valence-electron chi connectivity index (χ0n) is 13.7. The molecular weight excluding hydrogens is 409 g/mol. The lowest BCUT2D eigenvalue weighted by Gasteiger charge is -2.19. The number of carbonyl (C=O) groups is 1. The number of oxime groups is 1. The molecule has 0 radical (unpaired) electrons. The maximum absolute atomic E-state index is 13.2. The van der Waals surface area contributed by atoms with Gasteiger partial charge in [0.2, 0.25) is 11.7 Å². The van der Waals surface area contributed by atoms with Crippen molar-refractivity contribution in [3.63, 3.8) is 0 Å². The normalized spacial score (nSPS) is 15.2. The lowest BCUT2D eigenvalue weighted by atomic mass is 9.89. The maximum atomic E-state index is 13.2. The Bertz CT molecular complexity index is 792. The molecule has 26 heavy (non-hydrogen) atoms. The predicted molar refractivity (Wildman–Crippen MR) is 95.9 cm³/mol. The van der Waals surface area contributed by atoms with Crippen LogP contribution in [0, 0.1) is 11.7 Å². The van der Waals surface area contributed by atoms with E-state index in [0.29, 0.717) is 10.2 Å². The van der Waals surface area contributed by atoms with Crippen molar-refractivity contribution >= 4 is 39.6 Å². The van der Waals surface area contributed by atoms with E-state index in [-0.39, 0.29) is 29.2 Å². The molecule has 1 amide bonds.